The largest absolute Gasteiger partial charge is 0.462 e. The molecule has 0 unspecified atom stereocenters. The lowest BCUT2D eigenvalue weighted by atomic mass is 10.2. The minimum atomic E-state index is -0.400. The highest BCUT2D eigenvalue weighted by atomic mass is 32.1. The van der Waals surface area contributed by atoms with Crippen LogP contribution in [0.4, 0.5) is 5.13 Å². The second kappa shape index (κ2) is 11.2. The molecule has 0 radical (unpaired) electrons. The zero-order chi connectivity index (χ0) is 22.2. The lowest BCUT2D eigenvalue weighted by Gasteiger charge is -2.18. The molecule has 0 aliphatic rings. The summed E-state index contributed by atoms with van der Waals surface area (Å²) in [6.07, 6.45) is 3.61. The van der Waals surface area contributed by atoms with Gasteiger partial charge in [-0.2, -0.15) is 0 Å². The molecular weight excluding hydrogens is 430 g/mol. The summed E-state index contributed by atoms with van der Waals surface area (Å²) in [6.45, 7) is 6.49. The van der Waals surface area contributed by atoms with Gasteiger partial charge >= 0.3 is 5.97 Å². The number of nitrogens with zero attached hydrogens (tertiary/aromatic N) is 3. The second-order valence-electron chi connectivity index (χ2n) is 7.08. The van der Waals surface area contributed by atoms with E-state index in [2.05, 4.69) is 29.0 Å². The Bertz CT molecular complexity index is 1010. The summed E-state index contributed by atoms with van der Waals surface area (Å²) >= 11 is 2.68. The number of ether oxygens (including phenoxy) is 1. The Kier molecular flexibility index (Phi) is 8.31. The van der Waals surface area contributed by atoms with Crippen LogP contribution in [0.25, 0.3) is 0 Å². The highest BCUT2D eigenvalue weighted by Gasteiger charge is 2.26. The van der Waals surface area contributed by atoms with E-state index in [9.17, 15) is 9.59 Å². The Morgan fingerprint density at radius 3 is 2.58 bits per heavy atom. The first-order valence-electron chi connectivity index (χ1n) is 10.5. The quantitative estimate of drug-likeness (QED) is 0.296. The van der Waals surface area contributed by atoms with E-state index < -0.39 is 5.97 Å². The minimum Gasteiger partial charge on any atom is -0.462 e. The van der Waals surface area contributed by atoms with Crippen molar-refractivity contribution in [1.29, 1.82) is 0 Å². The van der Waals surface area contributed by atoms with Crippen LogP contribution in [0.15, 0.2) is 35.7 Å². The molecular formula is C23H27N3O3S2. The molecule has 0 aliphatic heterocycles. The fourth-order valence-corrected chi connectivity index (χ4v) is 4.87. The van der Waals surface area contributed by atoms with Gasteiger partial charge in [-0.05, 0) is 25.8 Å². The third-order valence-electron chi connectivity index (χ3n) is 4.68. The van der Waals surface area contributed by atoms with Crippen molar-refractivity contribution in [1.82, 2.24) is 9.97 Å². The first-order chi connectivity index (χ1) is 15.0. The number of aromatic nitrogens is 2. The van der Waals surface area contributed by atoms with Crippen LogP contribution in [-0.2, 0) is 11.2 Å². The molecule has 1 aromatic carbocycles. The molecule has 8 heteroatoms. The molecule has 0 aliphatic carbocycles. The lowest BCUT2D eigenvalue weighted by molar-refractivity contribution is 0.0531. The third kappa shape index (κ3) is 5.98. The third-order valence-corrected chi connectivity index (χ3v) is 6.69. The molecule has 0 saturated heterocycles. The van der Waals surface area contributed by atoms with Crippen LogP contribution in [0.3, 0.4) is 0 Å². The van der Waals surface area contributed by atoms with Crippen molar-refractivity contribution in [2.24, 2.45) is 0 Å². The maximum Gasteiger partial charge on any atom is 0.350 e. The Hall–Kier alpha value is -2.58. The zero-order valence-electron chi connectivity index (χ0n) is 18.1. The summed E-state index contributed by atoms with van der Waals surface area (Å²) in [5.41, 5.74) is 2.15. The Morgan fingerprint density at radius 2 is 1.87 bits per heavy atom. The van der Waals surface area contributed by atoms with Crippen LogP contribution in [0.5, 0.6) is 0 Å². The molecule has 1 amide bonds. The van der Waals surface area contributed by atoms with Crippen molar-refractivity contribution in [3.63, 3.8) is 0 Å². The van der Waals surface area contributed by atoms with E-state index in [0.717, 1.165) is 29.8 Å². The van der Waals surface area contributed by atoms with E-state index in [1.54, 1.807) is 24.1 Å². The molecule has 0 spiro atoms. The van der Waals surface area contributed by atoms with Gasteiger partial charge in [-0.25, -0.2) is 14.8 Å². The van der Waals surface area contributed by atoms with Crippen molar-refractivity contribution >= 4 is 39.7 Å². The molecule has 3 aromatic rings. The number of unbranched alkanes of at least 4 members (excludes halogenated alkanes) is 2. The second-order valence-corrected chi connectivity index (χ2v) is 9.00. The van der Waals surface area contributed by atoms with E-state index in [4.69, 9.17) is 4.74 Å². The Morgan fingerprint density at radius 1 is 1.10 bits per heavy atom. The molecule has 0 atom stereocenters. The number of aryl methyl sites for hydroxylation is 1. The molecule has 0 fully saturated rings. The van der Waals surface area contributed by atoms with Gasteiger partial charge in [-0.15, -0.1) is 11.3 Å². The summed E-state index contributed by atoms with van der Waals surface area (Å²) in [5, 5.41) is 3.21. The van der Waals surface area contributed by atoms with Crippen molar-refractivity contribution in [3.8, 4) is 0 Å². The van der Waals surface area contributed by atoms with Crippen LogP contribution in [-0.4, -0.2) is 35.0 Å². The molecule has 31 heavy (non-hydrogen) atoms. The first-order valence-corrected chi connectivity index (χ1v) is 12.2. The fraction of sp³-hybridized carbons (Fsp3) is 0.391. The van der Waals surface area contributed by atoms with E-state index in [-0.39, 0.29) is 5.91 Å². The predicted molar refractivity (Wildman–Crippen MR) is 125 cm³/mol. The van der Waals surface area contributed by atoms with Gasteiger partial charge in [-0.1, -0.05) is 61.4 Å². The van der Waals surface area contributed by atoms with Crippen molar-refractivity contribution in [2.75, 3.05) is 18.1 Å². The minimum absolute atomic E-state index is 0.184. The predicted octanol–water partition coefficient (Wildman–Crippen LogP) is 5.51. The van der Waals surface area contributed by atoms with E-state index in [0.29, 0.717) is 41.0 Å². The van der Waals surface area contributed by atoms with Gasteiger partial charge in [0.1, 0.15) is 10.6 Å². The smallest absolute Gasteiger partial charge is 0.350 e. The number of esters is 1. The SMILES string of the molecule is CCCCCN(C(=O)c1csc(Cc2ccccc2)n1)c1nc(C)c(C(=O)OCC)s1. The average molecular weight is 458 g/mol. The number of anilines is 1. The topological polar surface area (TPSA) is 72.4 Å². The average Bonchev–Trinajstić information content (AvgIpc) is 3.38. The summed E-state index contributed by atoms with van der Waals surface area (Å²) in [4.78, 5) is 36.7. The van der Waals surface area contributed by atoms with Gasteiger partial charge in [0.25, 0.3) is 5.91 Å². The number of carbonyl (C=O) groups is 2. The number of rotatable bonds is 10. The van der Waals surface area contributed by atoms with Crippen LogP contribution in [0.1, 0.15) is 69.5 Å². The maximum absolute atomic E-state index is 13.3. The van der Waals surface area contributed by atoms with Gasteiger partial charge in [0, 0.05) is 18.3 Å². The standard InChI is InChI=1S/C23H27N3O3S2/c1-4-6-10-13-26(23-24-16(3)20(31-23)22(28)29-5-2)21(27)18-15-30-19(25-18)14-17-11-8-7-9-12-17/h7-9,11-12,15H,4-6,10,13-14H2,1-3H3. The zero-order valence-corrected chi connectivity index (χ0v) is 19.7. The highest BCUT2D eigenvalue weighted by Crippen LogP contribution is 2.29. The van der Waals surface area contributed by atoms with Crippen LogP contribution in [0, 0.1) is 6.92 Å². The lowest BCUT2D eigenvalue weighted by Crippen LogP contribution is -2.32. The van der Waals surface area contributed by atoms with Gasteiger partial charge < -0.3 is 4.74 Å². The molecule has 0 N–H and O–H groups in total. The van der Waals surface area contributed by atoms with Crippen molar-refractivity contribution < 1.29 is 14.3 Å². The van der Waals surface area contributed by atoms with Crippen LogP contribution in [0.2, 0.25) is 0 Å². The number of hydrogen-bond donors (Lipinski definition) is 0. The number of benzene rings is 1. The summed E-state index contributed by atoms with van der Waals surface area (Å²) in [7, 11) is 0. The maximum atomic E-state index is 13.3. The van der Waals surface area contributed by atoms with E-state index in [1.165, 1.54) is 22.7 Å². The van der Waals surface area contributed by atoms with E-state index in [1.807, 2.05) is 18.2 Å². The fourth-order valence-electron chi connectivity index (χ4n) is 3.09. The van der Waals surface area contributed by atoms with Crippen molar-refractivity contribution in [3.05, 3.63) is 62.5 Å². The number of thiazole rings is 2. The normalized spacial score (nSPS) is 10.8. The van der Waals surface area contributed by atoms with Crippen molar-refractivity contribution in [2.45, 2.75) is 46.5 Å². The molecule has 6 nitrogen and oxygen atoms in total. The summed E-state index contributed by atoms with van der Waals surface area (Å²) < 4.78 is 5.12. The highest BCUT2D eigenvalue weighted by molar-refractivity contribution is 7.17. The molecule has 2 aromatic heterocycles. The van der Waals surface area contributed by atoms with Crippen LogP contribution < -0.4 is 4.90 Å². The number of hydrogen-bond acceptors (Lipinski definition) is 7. The van der Waals surface area contributed by atoms with Gasteiger partial charge in [-0.3, -0.25) is 9.69 Å². The number of carbonyl (C=O) groups excluding carboxylic acids is 2. The molecule has 0 saturated carbocycles. The van der Waals surface area contributed by atoms with Gasteiger partial charge in [0.15, 0.2) is 5.13 Å². The van der Waals surface area contributed by atoms with Gasteiger partial charge in [0.2, 0.25) is 0 Å². The first kappa shape index (κ1) is 23.1. The van der Waals surface area contributed by atoms with Crippen LogP contribution >= 0.6 is 22.7 Å². The molecule has 0 bridgehead atoms. The monoisotopic (exact) mass is 457 g/mol. The number of amides is 1. The molecule has 164 valence electrons. The summed E-state index contributed by atoms with van der Waals surface area (Å²) in [5.74, 6) is -0.584. The Balaban J connectivity index is 1.83. The Labute approximate surface area is 190 Å². The molecule has 3 rings (SSSR count). The van der Waals surface area contributed by atoms with Gasteiger partial charge in [0.05, 0.1) is 17.3 Å². The summed E-state index contributed by atoms with van der Waals surface area (Å²) in [6, 6.07) is 10.1. The van der Waals surface area contributed by atoms with E-state index >= 15 is 0 Å². The molecule has 2 heterocycles.